The van der Waals surface area contributed by atoms with Gasteiger partial charge in [-0.25, -0.2) is 0 Å². The van der Waals surface area contributed by atoms with Crippen molar-refractivity contribution in [1.29, 1.82) is 0 Å². The van der Waals surface area contributed by atoms with Crippen molar-refractivity contribution in [1.82, 2.24) is 0 Å². The average Bonchev–Trinajstić information content (AvgIpc) is 2.89. The zero-order valence-electron chi connectivity index (χ0n) is 22.5. The van der Waals surface area contributed by atoms with Gasteiger partial charge in [-0.15, -0.1) is 25.3 Å². The molecule has 0 saturated carbocycles. The van der Waals surface area contributed by atoms with Crippen LogP contribution in [0.25, 0.3) is 9.81 Å². The first-order valence-corrected chi connectivity index (χ1v) is 14.4. The Balaban J connectivity index is 2.34. The van der Waals surface area contributed by atoms with E-state index in [2.05, 4.69) is 27.7 Å². The summed E-state index contributed by atoms with van der Waals surface area (Å²) < 4.78 is 24.1. The molecule has 2 aromatic carbocycles. The predicted octanol–water partition coefficient (Wildman–Crippen LogP) is 9.09. The lowest BCUT2D eigenvalue weighted by Gasteiger charge is -2.16. The summed E-state index contributed by atoms with van der Waals surface area (Å²) in [5, 5.41) is 0. The number of hydrogen-bond donors (Lipinski definition) is 2. The number of benzene rings is 2. The van der Waals surface area contributed by atoms with Crippen LogP contribution in [0, 0.1) is 0 Å². The lowest BCUT2D eigenvalue weighted by atomic mass is 10.1. The summed E-state index contributed by atoms with van der Waals surface area (Å²) in [5.74, 6) is 3.02. The van der Waals surface area contributed by atoms with Crippen molar-refractivity contribution in [3.05, 3.63) is 47.5 Å². The summed E-state index contributed by atoms with van der Waals surface area (Å²) >= 11 is 9.70. The highest BCUT2D eigenvalue weighted by molar-refractivity contribution is 7.96. The lowest BCUT2D eigenvalue weighted by molar-refractivity contribution is 0.262. The molecule has 0 atom stereocenters. The zero-order chi connectivity index (χ0) is 26.2. The van der Waals surface area contributed by atoms with E-state index in [-0.39, 0.29) is 0 Å². The van der Waals surface area contributed by atoms with Crippen LogP contribution in [0.2, 0.25) is 0 Å². The van der Waals surface area contributed by atoms with Crippen LogP contribution in [0.5, 0.6) is 23.0 Å². The monoisotopic (exact) mass is 532 g/mol. The van der Waals surface area contributed by atoms with Crippen LogP contribution in [-0.2, 0) is 0 Å². The van der Waals surface area contributed by atoms with Gasteiger partial charge in [-0.2, -0.15) is 0 Å². The molecule has 0 saturated heterocycles. The van der Waals surface area contributed by atoms with Crippen molar-refractivity contribution in [2.75, 3.05) is 26.4 Å². The standard InChI is InChI=1S/C30H44O4S2/c1-5-9-17-31-25-15-13-23(21-27(25)33-19-11-7-3)29(35)30(36)24-14-16-26(32-18-10-6-2)28(22-24)34-20-12-8-4/h13-16,21-22,35-36H,5-12,17-20H2,1-4H3/b30-29+. The third-order valence-corrected chi connectivity index (χ3v) is 6.82. The molecule has 0 fully saturated rings. The van der Waals surface area contributed by atoms with Crippen LogP contribution < -0.4 is 18.9 Å². The summed E-state index contributed by atoms with van der Waals surface area (Å²) in [4.78, 5) is 1.52. The Morgan fingerprint density at radius 3 is 1.11 bits per heavy atom. The molecule has 2 aromatic rings. The third-order valence-electron chi connectivity index (χ3n) is 5.68. The average molecular weight is 533 g/mol. The fourth-order valence-electron chi connectivity index (χ4n) is 3.35. The first-order chi connectivity index (χ1) is 17.5. The fourth-order valence-corrected chi connectivity index (χ4v) is 3.89. The van der Waals surface area contributed by atoms with Crippen LogP contribution in [0.3, 0.4) is 0 Å². The Kier molecular flexibility index (Phi) is 14.7. The van der Waals surface area contributed by atoms with Crippen molar-refractivity contribution in [2.45, 2.75) is 79.1 Å². The molecule has 0 aliphatic carbocycles. The normalized spacial score (nSPS) is 11.7. The smallest absolute Gasteiger partial charge is 0.161 e. The van der Waals surface area contributed by atoms with E-state index in [1.807, 2.05) is 36.4 Å². The van der Waals surface area contributed by atoms with Gasteiger partial charge in [0.25, 0.3) is 0 Å². The summed E-state index contributed by atoms with van der Waals surface area (Å²) in [5.41, 5.74) is 1.85. The van der Waals surface area contributed by atoms with Crippen molar-refractivity contribution in [3.63, 3.8) is 0 Å². The van der Waals surface area contributed by atoms with Crippen molar-refractivity contribution in [2.24, 2.45) is 0 Å². The van der Waals surface area contributed by atoms with E-state index < -0.39 is 0 Å². The van der Waals surface area contributed by atoms with Crippen LogP contribution in [0.4, 0.5) is 0 Å². The molecule has 4 nitrogen and oxygen atoms in total. The summed E-state index contributed by atoms with van der Waals surface area (Å²) in [6.45, 7) is 11.3. The highest BCUT2D eigenvalue weighted by Crippen LogP contribution is 2.39. The van der Waals surface area contributed by atoms with Crippen LogP contribution >= 0.6 is 25.3 Å². The first-order valence-electron chi connectivity index (χ1n) is 13.5. The highest BCUT2D eigenvalue weighted by atomic mass is 32.1. The highest BCUT2D eigenvalue weighted by Gasteiger charge is 2.14. The second-order valence-corrected chi connectivity index (χ2v) is 9.72. The second-order valence-electron chi connectivity index (χ2n) is 8.83. The molecular formula is C30H44O4S2. The maximum Gasteiger partial charge on any atom is 0.161 e. The fraction of sp³-hybridized carbons (Fsp3) is 0.533. The minimum atomic E-state index is 0.654. The van der Waals surface area contributed by atoms with Gasteiger partial charge in [0.2, 0.25) is 0 Å². The van der Waals surface area contributed by atoms with Gasteiger partial charge in [-0.3, -0.25) is 0 Å². The maximum absolute atomic E-state index is 6.08. The maximum atomic E-state index is 6.08. The first kappa shape index (κ1) is 30.3. The Bertz CT molecular complexity index is 867. The molecule has 0 bridgehead atoms. The quantitative estimate of drug-likeness (QED) is 0.114. The molecule has 0 heterocycles. The summed E-state index contributed by atoms with van der Waals surface area (Å²) in [6.07, 6.45) is 8.33. The Morgan fingerprint density at radius 1 is 0.500 bits per heavy atom. The number of ether oxygens (including phenoxy) is 4. The molecule has 0 spiro atoms. The van der Waals surface area contributed by atoms with E-state index in [4.69, 9.17) is 44.2 Å². The molecule has 0 amide bonds. The van der Waals surface area contributed by atoms with E-state index in [0.29, 0.717) is 26.4 Å². The zero-order valence-corrected chi connectivity index (χ0v) is 24.3. The van der Waals surface area contributed by atoms with Gasteiger partial charge in [0.1, 0.15) is 0 Å². The Morgan fingerprint density at radius 2 is 0.806 bits per heavy atom. The molecule has 0 aromatic heterocycles. The third kappa shape index (κ3) is 9.85. The van der Waals surface area contributed by atoms with Gasteiger partial charge >= 0.3 is 0 Å². The molecule has 0 aliphatic heterocycles. The van der Waals surface area contributed by atoms with Crippen LogP contribution in [0.15, 0.2) is 36.4 Å². The molecule has 6 heteroatoms. The van der Waals surface area contributed by atoms with Gasteiger partial charge in [-0.05, 0) is 73.2 Å². The molecule has 36 heavy (non-hydrogen) atoms. The van der Waals surface area contributed by atoms with Crippen LogP contribution in [-0.4, -0.2) is 26.4 Å². The van der Waals surface area contributed by atoms with E-state index in [0.717, 1.165) is 95.3 Å². The number of hydrogen-bond acceptors (Lipinski definition) is 6. The van der Waals surface area contributed by atoms with E-state index in [1.165, 1.54) is 0 Å². The predicted molar refractivity (Wildman–Crippen MR) is 159 cm³/mol. The molecule has 0 unspecified atom stereocenters. The van der Waals surface area contributed by atoms with E-state index in [1.54, 1.807) is 0 Å². The Hall–Kier alpha value is -1.92. The van der Waals surface area contributed by atoms with Crippen molar-refractivity contribution in [3.8, 4) is 23.0 Å². The molecule has 0 N–H and O–H groups in total. The van der Waals surface area contributed by atoms with Gasteiger partial charge in [0.15, 0.2) is 23.0 Å². The lowest BCUT2D eigenvalue weighted by Crippen LogP contribution is -2.03. The van der Waals surface area contributed by atoms with E-state index >= 15 is 0 Å². The number of unbranched alkanes of at least 4 members (excludes halogenated alkanes) is 4. The van der Waals surface area contributed by atoms with E-state index in [9.17, 15) is 0 Å². The van der Waals surface area contributed by atoms with Crippen LogP contribution in [0.1, 0.15) is 90.2 Å². The second kappa shape index (κ2) is 17.5. The van der Waals surface area contributed by atoms with Gasteiger partial charge in [0.05, 0.1) is 26.4 Å². The number of thiol groups is 2. The minimum Gasteiger partial charge on any atom is -0.490 e. The number of rotatable bonds is 18. The molecule has 200 valence electrons. The SMILES string of the molecule is CCCCOc1ccc(/C(S)=C(\S)c2ccc(OCCCC)c(OCCCC)c2)cc1OCCCC. The topological polar surface area (TPSA) is 36.9 Å². The van der Waals surface area contributed by atoms with Crippen molar-refractivity contribution >= 4 is 35.1 Å². The van der Waals surface area contributed by atoms with Crippen molar-refractivity contribution < 1.29 is 18.9 Å². The Labute approximate surface area is 229 Å². The van der Waals surface area contributed by atoms with Gasteiger partial charge in [-0.1, -0.05) is 53.4 Å². The molecule has 2 rings (SSSR count). The summed E-state index contributed by atoms with van der Waals surface area (Å²) in [6, 6.07) is 11.9. The summed E-state index contributed by atoms with van der Waals surface area (Å²) in [7, 11) is 0. The van der Waals surface area contributed by atoms with Gasteiger partial charge < -0.3 is 18.9 Å². The molecular weight excluding hydrogens is 488 g/mol. The molecule has 0 aliphatic rings. The largest absolute Gasteiger partial charge is 0.490 e. The molecule has 0 radical (unpaired) electrons. The minimum absolute atomic E-state index is 0.654. The van der Waals surface area contributed by atoms with Gasteiger partial charge in [0, 0.05) is 9.81 Å².